The van der Waals surface area contributed by atoms with E-state index < -0.39 is 0 Å². The predicted octanol–water partition coefficient (Wildman–Crippen LogP) is 2.96. The highest BCUT2D eigenvalue weighted by Gasteiger charge is 2.30. The minimum absolute atomic E-state index is 0.0942. The summed E-state index contributed by atoms with van der Waals surface area (Å²) >= 11 is 0. The largest absolute Gasteiger partial charge is 0.309 e. The first-order chi connectivity index (χ1) is 8.76. The van der Waals surface area contributed by atoms with Crippen molar-refractivity contribution in [1.29, 1.82) is 0 Å². The molecule has 1 fully saturated rings. The lowest BCUT2D eigenvalue weighted by Crippen LogP contribution is -2.36. The van der Waals surface area contributed by atoms with Crippen LogP contribution in [0.25, 0.3) is 0 Å². The number of hydrogen-bond donors (Lipinski definition) is 1. The molecular formula is C15H23FN2. The van der Waals surface area contributed by atoms with Gasteiger partial charge < -0.3 is 5.32 Å². The molecule has 1 aliphatic carbocycles. The smallest absolute Gasteiger partial charge is 0.128 e. The third kappa shape index (κ3) is 3.30. The average molecular weight is 250 g/mol. The van der Waals surface area contributed by atoms with Crippen LogP contribution in [0, 0.1) is 5.82 Å². The van der Waals surface area contributed by atoms with Gasteiger partial charge in [0.05, 0.1) is 0 Å². The lowest BCUT2D eigenvalue weighted by molar-refractivity contribution is 0.243. The fraction of sp³-hybridized carbons (Fsp3) is 0.600. The highest BCUT2D eigenvalue weighted by atomic mass is 19.1. The summed E-state index contributed by atoms with van der Waals surface area (Å²) in [5.41, 5.74) is 0.790. The lowest BCUT2D eigenvalue weighted by atomic mass is 10.1. The summed E-state index contributed by atoms with van der Waals surface area (Å²) in [7, 11) is 0. The molecule has 18 heavy (non-hydrogen) atoms. The van der Waals surface area contributed by atoms with Crippen molar-refractivity contribution in [1.82, 2.24) is 10.2 Å². The number of hydrogen-bond acceptors (Lipinski definition) is 2. The van der Waals surface area contributed by atoms with Gasteiger partial charge in [-0.1, -0.05) is 32.0 Å². The molecule has 0 aromatic heterocycles. The number of nitrogens with one attached hydrogen (secondary N) is 1. The van der Waals surface area contributed by atoms with E-state index in [1.807, 2.05) is 12.1 Å². The normalized spacial score (nSPS) is 17.1. The van der Waals surface area contributed by atoms with Gasteiger partial charge in [0, 0.05) is 24.2 Å². The molecule has 2 rings (SSSR count). The summed E-state index contributed by atoms with van der Waals surface area (Å²) in [6.07, 6.45) is 2.59. The molecule has 0 saturated heterocycles. The van der Waals surface area contributed by atoms with E-state index in [0.717, 1.165) is 31.2 Å². The Kier molecular flexibility index (Phi) is 4.72. The van der Waals surface area contributed by atoms with Crippen LogP contribution in [0.15, 0.2) is 24.3 Å². The van der Waals surface area contributed by atoms with Crippen LogP contribution < -0.4 is 5.32 Å². The Balaban J connectivity index is 2.09. The lowest BCUT2D eigenvalue weighted by Gasteiger charge is -2.27. The van der Waals surface area contributed by atoms with E-state index in [9.17, 15) is 4.39 Å². The molecule has 0 spiro atoms. The summed E-state index contributed by atoms with van der Waals surface area (Å²) in [5.74, 6) is -0.102. The van der Waals surface area contributed by atoms with Gasteiger partial charge in [-0.15, -0.1) is 0 Å². The second-order valence-electron chi connectivity index (χ2n) is 4.95. The number of rotatable bonds is 7. The van der Waals surface area contributed by atoms with Crippen LogP contribution in [0.5, 0.6) is 0 Å². The molecule has 2 nitrogen and oxygen atoms in total. The van der Waals surface area contributed by atoms with Gasteiger partial charge in [-0.2, -0.15) is 0 Å². The number of benzene rings is 1. The number of halogens is 1. The first-order valence-corrected chi connectivity index (χ1v) is 6.98. The predicted molar refractivity (Wildman–Crippen MR) is 73.1 cm³/mol. The standard InChI is InChI=1S/C15H23FN2/c1-3-17-15(11-18(4-2)12-9-10-12)13-7-5-6-8-14(13)16/h5-8,12,15,17H,3-4,9-11H2,1-2H3. The summed E-state index contributed by atoms with van der Waals surface area (Å²) in [4.78, 5) is 2.46. The van der Waals surface area contributed by atoms with Crippen LogP contribution in [-0.2, 0) is 0 Å². The molecule has 1 atom stereocenters. The molecule has 100 valence electrons. The van der Waals surface area contributed by atoms with Crippen molar-refractivity contribution in [2.24, 2.45) is 0 Å². The van der Waals surface area contributed by atoms with Crippen molar-refractivity contribution in [3.05, 3.63) is 35.6 Å². The summed E-state index contributed by atoms with van der Waals surface area (Å²) in [6.45, 7) is 7.06. The SMILES string of the molecule is CCNC(CN(CC)C1CC1)c1ccccc1F. The highest BCUT2D eigenvalue weighted by Crippen LogP contribution is 2.29. The van der Waals surface area contributed by atoms with Crippen LogP contribution in [0.2, 0.25) is 0 Å². The fourth-order valence-corrected chi connectivity index (χ4v) is 2.49. The second-order valence-corrected chi connectivity index (χ2v) is 4.95. The van der Waals surface area contributed by atoms with Crippen molar-refractivity contribution in [3.8, 4) is 0 Å². The van der Waals surface area contributed by atoms with Gasteiger partial charge in [0.15, 0.2) is 0 Å². The fourth-order valence-electron chi connectivity index (χ4n) is 2.49. The van der Waals surface area contributed by atoms with Gasteiger partial charge in [-0.3, -0.25) is 4.90 Å². The average Bonchev–Trinajstić information content (AvgIpc) is 3.19. The summed E-state index contributed by atoms with van der Waals surface area (Å²) in [6, 6.07) is 7.92. The minimum Gasteiger partial charge on any atom is -0.309 e. The van der Waals surface area contributed by atoms with Crippen molar-refractivity contribution in [3.63, 3.8) is 0 Å². The van der Waals surface area contributed by atoms with Gasteiger partial charge in [0.2, 0.25) is 0 Å². The Morgan fingerprint density at radius 1 is 1.33 bits per heavy atom. The van der Waals surface area contributed by atoms with Crippen LogP contribution in [0.4, 0.5) is 4.39 Å². The van der Waals surface area contributed by atoms with Crippen LogP contribution in [-0.4, -0.2) is 30.6 Å². The molecule has 3 heteroatoms. The molecule has 0 aliphatic heterocycles. The zero-order valence-corrected chi connectivity index (χ0v) is 11.3. The topological polar surface area (TPSA) is 15.3 Å². The van der Waals surface area contributed by atoms with Crippen molar-refractivity contribution in [2.75, 3.05) is 19.6 Å². The zero-order chi connectivity index (χ0) is 13.0. The molecule has 0 radical (unpaired) electrons. The van der Waals surface area contributed by atoms with Crippen LogP contribution >= 0.6 is 0 Å². The van der Waals surface area contributed by atoms with Crippen molar-refractivity contribution >= 4 is 0 Å². The Morgan fingerprint density at radius 3 is 2.61 bits per heavy atom. The Labute approximate surface area is 109 Å². The van der Waals surface area contributed by atoms with E-state index in [2.05, 4.69) is 24.1 Å². The Hall–Kier alpha value is -0.930. The van der Waals surface area contributed by atoms with Crippen LogP contribution in [0.1, 0.15) is 38.3 Å². The number of likely N-dealkylation sites (N-methyl/N-ethyl adjacent to an activating group) is 2. The molecule has 1 N–H and O–H groups in total. The molecule has 1 aliphatic rings. The van der Waals surface area contributed by atoms with E-state index in [-0.39, 0.29) is 11.9 Å². The second kappa shape index (κ2) is 6.30. The maximum atomic E-state index is 13.9. The van der Waals surface area contributed by atoms with Gasteiger partial charge >= 0.3 is 0 Å². The third-order valence-corrected chi connectivity index (χ3v) is 3.62. The number of nitrogens with zero attached hydrogens (tertiary/aromatic N) is 1. The van der Waals surface area contributed by atoms with E-state index in [4.69, 9.17) is 0 Å². The maximum absolute atomic E-state index is 13.9. The van der Waals surface area contributed by atoms with Crippen LogP contribution in [0.3, 0.4) is 0 Å². The van der Waals surface area contributed by atoms with E-state index in [1.54, 1.807) is 12.1 Å². The third-order valence-electron chi connectivity index (χ3n) is 3.62. The molecule has 0 amide bonds. The summed E-state index contributed by atoms with van der Waals surface area (Å²) in [5, 5.41) is 3.41. The van der Waals surface area contributed by atoms with E-state index in [1.165, 1.54) is 12.8 Å². The molecule has 0 bridgehead atoms. The molecule has 1 aromatic rings. The first-order valence-electron chi connectivity index (χ1n) is 6.98. The zero-order valence-electron chi connectivity index (χ0n) is 11.3. The van der Waals surface area contributed by atoms with Gasteiger partial charge in [0.1, 0.15) is 5.82 Å². The Morgan fingerprint density at radius 2 is 2.06 bits per heavy atom. The first kappa shape index (κ1) is 13.5. The monoisotopic (exact) mass is 250 g/mol. The molecule has 1 unspecified atom stereocenters. The van der Waals surface area contributed by atoms with Gasteiger partial charge in [-0.05, 0) is 32.0 Å². The van der Waals surface area contributed by atoms with Crippen molar-refractivity contribution < 1.29 is 4.39 Å². The highest BCUT2D eigenvalue weighted by molar-refractivity contribution is 5.21. The van der Waals surface area contributed by atoms with Gasteiger partial charge in [0.25, 0.3) is 0 Å². The molecule has 1 saturated carbocycles. The van der Waals surface area contributed by atoms with Gasteiger partial charge in [-0.25, -0.2) is 4.39 Å². The molecule has 1 aromatic carbocycles. The van der Waals surface area contributed by atoms with E-state index >= 15 is 0 Å². The molecule has 0 heterocycles. The summed E-state index contributed by atoms with van der Waals surface area (Å²) < 4.78 is 13.9. The Bertz CT molecular complexity index is 377. The van der Waals surface area contributed by atoms with Crippen molar-refractivity contribution in [2.45, 2.75) is 38.8 Å². The molecular weight excluding hydrogens is 227 g/mol. The minimum atomic E-state index is -0.102. The van der Waals surface area contributed by atoms with E-state index in [0.29, 0.717) is 0 Å². The quantitative estimate of drug-likeness (QED) is 0.800. The maximum Gasteiger partial charge on any atom is 0.128 e.